The van der Waals surface area contributed by atoms with Gasteiger partial charge in [0.15, 0.2) is 12.4 Å². The summed E-state index contributed by atoms with van der Waals surface area (Å²) in [5, 5.41) is 4.01. The first-order chi connectivity index (χ1) is 14.7. The summed E-state index contributed by atoms with van der Waals surface area (Å²) in [5.74, 6) is 1.68. The van der Waals surface area contributed by atoms with Gasteiger partial charge in [0.1, 0.15) is 17.2 Å². The highest BCUT2D eigenvalue weighted by Gasteiger charge is 2.12. The Kier molecular flexibility index (Phi) is 5.70. The predicted molar refractivity (Wildman–Crippen MR) is 108 cm³/mol. The quantitative estimate of drug-likeness (QED) is 0.407. The van der Waals surface area contributed by atoms with Gasteiger partial charge in [-0.3, -0.25) is 0 Å². The number of esters is 1. The molecule has 0 amide bonds. The van der Waals surface area contributed by atoms with Crippen molar-refractivity contribution >= 4 is 5.97 Å². The number of rotatable bonds is 7. The number of hydrogen-bond acceptors (Lipinski definition) is 7. The van der Waals surface area contributed by atoms with Crippen molar-refractivity contribution in [2.75, 3.05) is 7.11 Å². The molecule has 4 rings (SSSR count). The topological polar surface area (TPSA) is 83.7 Å². The molecule has 0 fully saturated rings. The summed E-state index contributed by atoms with van der Waals surface area (Å²) in [4.78, 5) is 16.4. The minimum absolute atomic E-state index is 0.0436. The molecular weight excluding hydrogens is 384 g/mol. The van der Waals surface area contributed by atoms with E-state index >= 15 is 0 Å². The molecule has 0 atom stereocenters. The van der Waals surface area contributed by atoms with Crippen LogP contribution in [0.3, 0.4) is 0 Å². The number of nitrogens with zero attached hydrogens (tertiary/aromatic N) is 2. The first kappa shape index (κ1) is 19.2. The monoisotopic (exact) mass is 402 g/mol. The van der Waals surface area contributed by atoms with Crippen LogP contribution in [0.2, 0.25) is 0 Å². The molecule has 0 aliphatic carbocycles. The molecule has 7 heteroatoms. The van der Waals surface area contributed by atoms with Gasteiger partial charge in [0, 0.05) is 23.9 Å². The number of methoxy groups -OCH3 is 1. The molecule has 4 aromatic rings. The smallest absolute Gasteiger partial charge is 0.340 e. The molecular formula is C23H18N2O5. The predicted octanol–water partition coefficient (Wildman–Crippen LogP) is 4.89. The van der Waals surface area contributed by atoms with E-state index in [9.17, 15) is 4.79 Å². The number of ether oxygens (including phenoxy) is 3. The normalized spacial score (nSPS) is 10.4. The van der Waals surface area contributed by atoms with Crippen LogP contribution in [0.1, 0.15) is 16.1 Å². The van der Waals surface area contributed by atoms with Gasteiger partial charge in [-0.15, -0.1) is 0 Å². The van der Waals surface area contributed by atoms with E-state index in [0.717, 1.165) is 11.3 Å². The zero-order valence-electron chi connectivity index (χ0n) is 16.1. The van der Waals surface area contributed by atoms with Crippen molar-refractivity contribution in [2.45, 2.75) is 6.61 Å². The maximum absolute atomic E-state index is 12.3. The lowest BCUT2D eigenvalue weighted by Gasteiger charge is -2.05. The molecule has 0 saturated heterocycles. The lowest BCUT2D eigenvalue weighted by atomic mass is 10.1. The average Bonchev–Trinajstić information content (AvgIpc) is 3.28. The fraction of sp³-hybridized carbons (Fsp3) is 0.0870. The summed E-state index contributed by atoms with van der Waals surface area (Å²) in [5.41, 5.74) is 1.78. The van der Waals surface area contributed by atoms with Gasteiger partial charge in [0.05, 0.1) is 12.7 Å². The number of pyridine rings is 1. The number of benzene rings is 2. The molecule has 0 aliphatic rings. The maximum atomic E-state index is 12.3. The lowest BCUT2D eigenvalue weighted by Crippen LogP contribution is -2.05. The van der Waals surface area contributed by atoms with Gasteiger partial charge in [-0.1, -0.05) is 35.5 Å². The highest BCUT2D eigenvalue weighted by Crippen LogP contribution is 2.24. The fourth-order valence-corrected chi connectivity index (χ4v) is 2.69. The number of aromatic nitrogens is 2. The van der Waals surface area contributed by atoms with E-state index in [4.69, 9.17) is 18.7 Å². The van der Waals surface area contributed by atoms with E-state index in [1.807, 2.05) is 54.6 Å². The lowest BCUT2D eigenvalue weighted by molar-refractivity contribution is 0.0437. The maximum Gasteiger partial charge on any atom is 0.340 e. The third kappa shape index (κ3) is 4.64. The molecule has 2 heterocycles. The second-order valence-corrected chi connectivity index (χ2v) is 6.29. The summed E-state index contributed by atoms with van der Waals surface area (Å²) >= 11 is 0. The Bertz CT molecular complexity index is 1120. The van der Waals surface area contributed by atoms with Crippen LogP contribution in [-0.4, -0.2) is 23.2 Å². The van der Waals surface area contributed by atoms with E-state index in [2.05, 4.69) is 10.1 Å². The standard InChI is InChI=1S/C23H18N2O5/c1-27-19-9-5-6-16(12-19)21-13-20(30-25-21)15-28-23(26)17-10-11-22(24-14-17)29-18-7-3-2-4-8-18/h2-14H,15H2,1H3. The number of carbonyl (C=O) groups is 1. The van der Waals surface area contributed by atoms with Crippen molar-refractivity contribution in [3.63, 3.8) is 0 Å². The summed E-state index contributed by atoms with van der Waals surface area (Å²) in [6.07, 6.45) is 1.41. The summed E-state index contributed by atoms with van der Waals surface area (Å²) in [6.45, 7) is -0.0436. The van der Waals surface area contributed by atoms with Gasteiger partial charge in [-0.2, -0.15) is 0 Å². The SMILES string of the molecule is COc1cccc(-c2cc(COC(=O)c3ccc(Oc4ccccc4)nc3)on2)c1. The van der Waals surface area contributed by atoms with Crippen LogP contribution in [-0.2, 0) is 11.3 Å². The van der Waals surface area contributed by atoms with Crippen LogP contribution in [0.25, 0.3) is 11.3 Å². The van der Waals surface area contributed by atoms with Gasteiger partial charge in [0.2, 0.25) is 5.88 Å². The molecule has 0 unspecified atom stereocenters. The van der Waals surface area contributed by atoms with Crippen molar-refractivity contribution in [2.24, 2.45) is 0 Å². The van der Waals surface area contributed by atoms with Crippen molar-refractivity contribution in [1.29, 1.82) is 0 Å². The number of hydrogen-bond donors (Lipinski definition) is 0. The fourth-order valence-electron chi connectivity index (χ4n) is 2.69. The Labute approximate surface area is 172 Å². The summed E-state index contributed by atoms with van der Waals surface area (Å²) in [7, 11) is 1.60. The Hall–Kier alpha value is -4.13. The van der Waals surface area contributed by atoms with Gasteiger partial charge < -0.3 is 18.7 Å². The molecule has 150 valence electrons. The van der Waals surface area contributed by atoms with Crippen molar-refractivity contribution in [3.8, 4) is 28.6 Å². The van der Waals surface area contributed by atoms with Crippen molar-refractivity contribution in [1.82, 2.24) is 10.1 Å². The zero-order chi connectivity index (χ0) is 20.8. The molecule has 2 aromatic carbocycles. The van der Waals surface area contributed by atoms with Gasteiger partial charge >= 0.3 is 5.97 Å². The van der Waals surface area contributed by atoms with Gasteiger partial charge in [0.25, 0.3) is 0 Å². The molecule has 0 N–H and O–H groups in total. The van der Waals surface area contributed by atoms with Crippen molar-refractivity contribution < 1.29 is 23.5 Å². The van der Waals surface area contributed by atoms with E-state index in [0.29, 0.717) is 28.6 Å². The molecule has 0 bridgehead atoms. The third-order valence-corrected chi connectivity index (χ3v) is 4.21. The third-order valence-electron chi connectivity index (χ3n) is 4.21. The number of para-hydroxylation sites is 1. The van der Waals surface area contributed by atoms with E-state index in [1.54, 1.807) is 25.3 Å². The largest absolute Gasteiger partial charge is 0.497 e. The van der Waals surface area contributed by atoms with E-state index < -0.39 is 5.97 Å². The van der Waals surface area contributed by atoms with Crippen LogP contribution in [0, 0.1) is 0 Å². The summed E-state index contributed by atoms with van der Waals surface area (Å²) in [6, 6.07) is 21.6. The Morgan fingerprint density at radius 2 is 1.80 bits per heavy atom. The minimum atomic E-state index is -0.520. The van der Waals surface area contributed by atoms with Crippen LogP contribution >= 0.6 is 0 Å². The molecule has 7 nitrogen and oxygen atoms in total. The second-order valence-electron chi connectivity index (χ2n) is 6.29. The molecule has 30 heavy (non-hydrogen) atoms. The highest BCUT2D eigenvalue weighted by atomic mass is 16.5. The summed E-state index contributed by atoms with van der Waals surface area (Å²) < 4.78 is 21.4. The van der Waals surface area contributed by atoms with Crippen LogP contribution < -0.4 is 9.47 Å². The zero-order valence-corrected chi connectivity index (χ0v) is 16.1. The molecule has 0 radical (unpaired) electrons. The van der Waals surface area contributed by atoms with Crippen LogP contribution in [0.5, 0.6) is 17.4 Å². The highest BCUT2D eigenvalue weighted by molar-refractivity contribution is 5.89. The molecule has 0 spiro atoms. The minimum Gasteiger partial charge on any atom is -0.497 e. The average molecular weight is 402 g/mol. The molecule has 0 saturated carbocycles. The number of carbonyl (C=O) groups excluding carboxylic acids is 1. The molecule has 2 aromatic heterocycles. The Morgan fingerprint density at radius 1 is 0.967 bits per heavy atom. The van der Waals surface area contributed by atoms with Gasteiger partial charge in [-0.05, 0) is 30.3 Å². The van der Waals surface area contributed by atoms with Crippen LogP contribution in [0.4, 0.5) is 0 Å². The van der Waals surface area contributed by atoms with E-state index in [1.165, 1.54) is 6.20 Å². The van der Waals surface area contributed by atoms with Crippen molar-refractivity contribution in [3.05, 3.63) is 90.3 Å². The first-order valence-corrected chi connectivity index (χ1v) is 9.17. The Morgan fingerprint density at radius 3 is 2.57 bits per heavy atom. The first-order valence-electron chi connectivity index (χ1n) is 9.17. The molecule has 0 aliphatic heterocycles. The Balaban J connectivity index is 1.35. The second kappa shape index (κ2) is 8.91. The van der Waals surface area contributed by atoms with Crippen LogP contribution in [0.15, 0.2) is 83.5 Å². The van der Waals surface area contributed by atoms with E-state index in [-0.39, 0.29) is 6.61 Å². The van der Waals surface area contributed by atoms with Gasteiger partial charge in [-0.25, -0.2) is 9.78 Å².